The van der Waals surface area contributed by atoms with E-state index in [-0.39, 0.29) is 24.0 Å². The SMILES string of the molecule is CCNC(=NCc1scnc1C)NCCCOC.I. The van der Waals surface area contributed by atoms with E-state index in [9.17, 15) is 0 Å². The summed E-state index contributed by atoms with van der Waals surface area (Å²) in [6.45, 7) is 7.24. The average Bonchev–Trinajstić information content (AvgIpc) is 2.77. The highest BCUT2D eigenvalue weighted by molar-refractivity contribution is 14.0. The molecular weight excluding hydrogens is 375 g/mol. The van der Waals surface area contributed by atoms with Gasteiger partial charge in [0.15, 0.2) is 5.96 Å². The summed E-state index contributed by atoms with van der Waals surface area (Å²) in [5.41, 5.74) is 2.93. The molecule has 0 saturated heterocycles. The lowest BCUT2D eigenvalue weighted by Gasteiger charge is -2.10. The number of hydrogen-bond acceptors (Lipinski definition) is 4. The number of nitrogens with one attached hydrogen (secondary N) is 2. The zero-order valence-electron chi connectivity index (χ0n) is 11.7. The Balaban J connectivity index is 0.00000324. The van der Waals surface area contributed by atoms with E-state index in [0.29, 0.717) is 6.54 Å². The molecule has 1 rings (SSSR count). The molecule has 110 valence electrons. The summed E-state index contributed by atoms with van der Waals surface area (Å²) in [5, 5.41) is 6.50. The molecule has 0 unspecified atom stereocenters. The van der Waals surface area contributed by atoms with Crippen molar-refractivity contribution in [3.63, 3.8) is 0 Å². The molecule has 1 heterocycles. The first-order valence-electron chi connectivity index (χ1n) is 6.18. The third kappa shape index (κ3) is 7.68. The number of guanidine groups is 1. The zero-order valence-corrected chi connectivity index (χ0v) is 14.9. The minimum absolute atomic E-state index is 0. The van der Waals surface area contributed by atoms with Crippen LogP contribution in [0.25, 0.3) is 0 Å². The van der Waals surface area contributed by atoms with Gasteiger partial charge in [-0.1, -0.05) is 0 Å². The number of methoxy groups -OCH3 is 1. The maximum absolute atomic E-state index is 5.01. The largest absolute Gasteiger partial charge is 0.385 e. The lowest BCUT2D eigenvalue weighted by molar-refractivity contribution is 0.195. The Kier molecular flexibility index (Phi) is 11.2. The van der Waals surface area contributed by atoms with Crippen LogP contribution in [0.5, 0.6) is 0 Å². The Labute approximate surface area is 136 Å². The third-order valence-corrected chi connectivity index (χ3v) is 3.31. The second-order valence-corrected chi connectivity index (χ2v) is 4.77. The van der Waals surface area contributed by atoms with Crippen LogP contribution >= 0.6 is 35.3 Å². The minimum Gasteiger partial charge on any atom is -0.385 e. The van der Waals surface area contributed by atoms with Crippen molar-refractivity contribution in [3.8, 4) is 0 Å². The number of halogens is 1. The van der Waals surface area contributed by atoms with Crippen molar-refractivity contribution >= 4 is 41.3 Å². The first kappa shape index (κ1) is 18.6. The summed E-state index contributed by atoms with van der Waals surface area (Å²) in [5.74, 6) is 0.849. The highest BCUT2D eigenvalue weighted by Crippen LogP contribution is 2.12. The summed E-state index contributed by atoms with van der Waals surface area (Å²) in [6, 6.07) is 0. The second-order valence-electron chi connectivity index (χ2n) is 3.83. The monoisotopic (exact) mass is 398 g/mol. The van der Waals surface area contributed by atoms with Gasteiger partial charge >= 0.3 is 0 Å². The van der Waals surface area contributed by atoms with E-state index in [4.69, 9.17) is 4.74 Å². The van der Waals surface area contributed by atoms with Crippen LogP contribution in [0.1, 0.15) is 23.9 Å². The molecule has 1 aromatic heterocycles. The van der Waals surface area contributed by atoms with Crippen LogP contribution in [0.4, 0.5) is 0 Å². The average molecular weight is 398 g/mol. The van der Waals surface area contributed by atoms with Gasteiger partial charge < -0.3 is 15.4 Å². The Morgan fingerprint density at radius 1 is 1.47 bits per heavy atom. The first-order valence-corrected chi connectivity index (χ1v) is 7.06. The van der Waals surface area contributed by atoms with Gasteiger partial charge in [0.1, 0.15) is 0 Å². The molecule has 19 heavy (non-hydrogen) atoms. The molecule has 0 spiro atoms. The second kappa shape index (κ2) is 11.4. The van der Waals surface area contributed by atoms with Crippen LogP contribution in [-0.2, 0) is 11.3 Å². The van der Waals surface area contributed by atoms with Gasteiger partial charge in [-0.3, -0.25) is 0 Å². The van der Waals surface area contributed by atoms with Crippen LogP contribution in [-0.4, -0.2) is 37.7 Å². The molecule has 7 heteroatoms. The number of ether oxygens (including phenoxy) is 1. The summed E-state index contributed by atoms with van der Waals surface area (Å²) in [6.07, 6.45) is 0.973. The van der Waals surface area contributed by atoms with Crippen molar-refractivity contribution in [3.05, 3.63) is 16.1 Å². The summed E-state index contributed by atoms with van der Waals surface area (Å²) < 4.78 is 5.01. The van der Waals surface area contributed by atoms with Crippen molar-refractivity contribution in [2.45, 2.75) is 26.8 Å². The Hall–Kier alpha value is -0.410. The Morgan fingerprint density at radius 2 is 2.26 bits per heavy atom. The number of aliphatic imine (C=N–C) groups is 1. The van der Waals surface area contributed by atoms with Gasteiger partial charge in [-0.05, 0) is 20.3 Å². The van der Waals surface area contributed by atoms with Gasteiger partial charge in [-0.15, -0.1) is 35.3 Å². The molecule has 0 aliphatic carbocycles. The Morgan fingerprint density at radius 3 is 2.84 bits per heavy atom. The van der Waals surface area contributed by atoms with Gasteiger partial charge in [0.2, 0.25) is 0 Å². The van der Waals surface area contributed by atoms with Gasteiger partial charge in [0, 0.05) is 31.7 Å². The van der Waals surface area contributed by atoms with E-state index >= 15 is 0 Å². The summed E-state index contributed by atoms with van der Waals surface area (Å²) in [7, 11) is 1.71. The van der Waals surface area contributed by atoms with Crippen LogP contribution in [0.2, 0.25) is 0 Å². The van der Waals surface area contributed by atoms with Crippen LogP contribution in [0, 0.1) is 6.92 Å². The molecule has 2 N–H and O–H groups in total. The fraction of sp³-hybridized carbons (Fsp3) is 0.667. The van der Waals surface area contributed by atoms with E-state index in [2.05, 4.69) is 27.5 Å². The lowest BCUT2D eigenvalue weighted by atomic mass is 10.4. The van der Waals surface area contributed by atoms with E-state index < -0.39 is 0 Å². The molecule has 0 radical (unpaired) electrons. The van der Waals surface area contributed by atoms with E-state index in [0.717, 1.165) is 37.8 Å². The molecular formula is C12H23IN4OS. The van der Waals surface area contributed by atoms with Gasteiger partial charge in [0.05, 0.1) is 17.7 Å². The fourth-order valence-corrected chi connectivity index (χ4v) is 2.09. The van der Waals surface area contributed by atoms with Crippen molar-refractivity contribution in [2.75, 3.05) is 26.8 Å². The van der Waals surface area contributed by atoms with Gasteiger partial charge in [-0.25, -0.2) is 9.98 Å². The molecule has 0 amide bonds. The number of aromatic nitrogens is 1. The molecule has 0 aliphatic rings. The molecule has 0 atom stereocenters. The molecule has 1 aromatic rings. The summed E-state index contributed by atoms with van der Waals surface area (Å²) in [4.78, 5) is 9.97. The quantitative estimate of drug-likeness (QED) is 0.320. The van der Waals surface area contributed by atoms with Gasteiger partial charge in [0.25, 0.3) is 0 Å². The van der Waals surface area contributed by atoms with Crippen LogP contribution < -0.4 is 10.6 Å². The molecule has 5 nitrogen and oxygen atoms in total. The first-order chi connectivity index (χ1) is 8.77. The molecule has 0 fully saturated rings. The predicted octanol–water partition coefficient (Wildman–Crippen LogP) is 2.16. The number of hydrogen-bond donors (Lipinski definition) is 2. The van der Waals surface area contributed by atoms with Crippen LogP contribution in [0.15, 0.2) is 10.5 Å². The van der Waals surface area contributed by atoms with E-state index in [1.807, 2.05) is 12.4 Å². The third-order valence-electron chi connectivity index (χ3n) is 2.39. The zero-order chi connectivity index (χ0) is 13.2. The maximum Gasteiger partial charge on any atom is 0.191 e. The maximum atomic E-state index is 5.01. The van der Waals surface area contributed by atoms with Crippen molar-refractivity contribution in [1.29, 1.82) is 0 Å². The minimum atomic E-state index is 0. The van der Waals surface area contributed by atoms with E-state index in [1.54, 1.807) is 18.4 Å². The molecule has 0 aliphatic heterocycles. The van der Waals surface area contributed by atoms with E-state index in [1.165, 1.54) is 4.88 Å². The number of nitrogens with zero attached hydrogens (tertiary/aromatic N) is 2. The van der Waals surface area contributed by atoms with Crippen LogP contribution in [0.3, 0.4) is 0 Å². The highest BCUT2D eigenvalue weighted by Gasteiger charge is 2.01. The smallest absolute Gasteiger partial charge is 0.191 e. The van der Waals surface area contributed by atoms with Crippen molar-refractivity contribution in [1.82, 2.24) is 15.6 Å². The van der Waals surface area contributed by atoms with Crippen molar-refractivity contribution in [2.24, 2.45) is 4.99 Å². The molecule has 0 saturated carbocycles. The fourth-order valence-electron chi connectivity index (χ4n) is 1.39. The number of thiazole rings is 1. The molecule has 0 bridgehead atoms. The predicted molar refractivity (Wildman–Crippen MR) is 91.6 cm³/mol. The Bertz CT molecular complexity index is 370. The van der Waals surface area contributed by atoms with Crippen molar-refractivity contribution < 1.29 is 4.74 Å². The van der Waals surface area contributed by atoms with Gasteiger partial charge in [-0.2, -0.15) is 0 Å². The standard InChI is InChI=1S/C12H22N4OS.HI/c1-4-13-12(14-6-5-7-17-3)15-8-11-10(2)16-9-18-11;/h9H,4-8H2,1-3H3,(H2,13,14,15);1H. The highest BCUT2D eigenvalue weighted by atomic mass is 127. The summed E-state index contributed by atoms with van der Waals surface area (Å²) >= 11 is 1.65. The normalized spacial score (nSPS) is 11.0. The number of rotatable bonds is 7. The molecule has 0 aromatic carbocycles. The topological polar surface area (TPSA) is 58.5 Å². The number of aryl methyl sites for hydroxylation is 1. The lowest BCUT2D eigenvalue weighted by Crippen LogP contribution is -2.38.